The summed E-state index contributed by atoms with van der Waals surface area (Å²) in [5, 5.41) is 0. The second kappa shape index (κ2) is 12.4. The van der Waals surface area contributed by atoms with Crippen molar-refractivity contribution < 1.29 is 19.1 Å². The van der Waals surface area contributed by atoms with Gasteiger partial charge >= 0.3 is 5.97 Å². The number of methoxy groups -OCH3 is 1. The first-order chi connectivity index (χ1) is 17.9. The van der Waals surface area contributed by atoms with Gasteiger partial charge in [0.2, 0.25) is 0 Å². The van der Waals surface area contributed by atoms with Crippen molar-refractivity contribution in [2.75, 3.05) is 37.6 Å². The Bertz CT molecular complexity index is 1230. The van der Waals surface area contributed by atoms with Crippen LogP contribution in [0, 0.1) is 0 Å². The SMILES string of the molecule is COC(=O)/C=C/c1cccc(N(Cc2ccc(-c3ccc(N(C)C)cc3)cc2)C(=O)[C@H]2CCCCO2)c1. The van der Waals surface area contributed by atoms with E-state index < -0.39 is 12.1 Å². The third-order valence-corrected chi connectivity index (χ3v) is 6.53. The quantitative estimate of drug-likeness (QED) is 0.294. The third kappa shape index (κ3) is 6.86. The summed E-state index contributed by atoms with van der Waals surface area (Å²) in [6, 6.07) is 24.4. The monoisotopic (exact) mass is 498 g/mol. The molecule has 4 rings (SSSR count). The molecular formula is C31H34N2O4. The largest absolute Gasteiger partial charge is 0.466 e. The van der Waals surface area contributed by atoms with Gasteiger partial charge in [-0.15, -0.1) is 0 Å². The number of carbonyl (C=O) groups excluding carboxylic acids is 2. The molecule has 0 bridgehead atoms. The number of anilines is 2. The summed E-state index contributed by atoms with van der Waals surface area (Å²) in [6.45, 7) is 1.02. The van der Waals surface area contributed by atoms with Crippen molar-refractivity contribution >= 4 is 29.3 Å². The Kier molecular flexibility index (Phi) is 8.75. The van der Waals surface area contributed by atoms with Crippen molar-refractivity contribution in [2.45, 2.75) is 31.9 Å². The molecule has 0 aromatic heterocycles. The van der Waals surface area contributed by atoms with Crippen LogP contribution in [0.5, 0.6) is 0 Å². The fourth-order valence-corrected chi connectivity index (χ4v) is 4.37. The number of amides is 1. The number of carbonyl (C=O) groups is 2. The van der Waals surface area contributed by atoms with Gasteiger partial charge in [0.25, 0.3) is 5.91 Å². The van der Waals surface area contributed by atoms with Crippen LogP contribution >= 0.6 is 0 Å². The molecule has 1 atom stereocenters. The zero-order chi connectivity index (χ0) is 26.2. The van der Waals surface area contributed by atoms with Crippen molar-refractivity contribution in [2.24, 2.45) is 0 Å². The molecule has 0 unspecified atom stereocenters. The van der Waals surface area contributed by atoms with Crippen LogP contribution in [0.25, 0.3) is 17.2 Å². The minimum absolute atomic E-state index is 0.0443. The van der Waals surface area contributed by atoms with Crippen LogP contribution in [0.1, 0.15) is 30.4 Å². The molecule has 0 N–H and O–H groups in total. The minimum Gasteiger partial charge on any atom is -0.466 e. The van der Waals surface area contributed by atoms with E-state index in [4.69, 9.17) is 9.47 Å². The summed E-state index contributed by atoms with van der Waals surface area (Å²) >= 11 is 0. The predicted molar refractivity (Wildman–Crippen MR) is 148 cm³/mol. The first-order valence-corrected chi connectivity index (χ1v) is 12.6. The Morgan fingerprint density at radius 3 is 2.27 bits per heavy atom. The van der Waals surface area contributed by atoms with Gasteiger partial charge in [-0.2, -0.15) is 0 Å². The Morgan fingerprint density at radius 1 is 0.946 bits per heavy atom. The summed E-state index contributed by atoms with van der Waals surface area (Å²) in [7, 11) is 5.40. The standard InChI is InChI=1S/C31H34N2O4/c1-32(2)27-17-15-26(16-18-27)25-13-10-24(11-14-25)22-33(31(35)29-9-4-5-20-37-29)28-8-6-7-23(21-28)12-19-30(34)36-3/h6-8,10-19,21,29H,4-5,9,20,22H2,1-3H3/b19-12+/t29-/m1/s1. The lowest BCUT2D eigenvalue weighted by atomic mass is 10.0. The molecule has 3 aromatic carbocycles. The number of ether oxygens (including phenoxy) is 2. The topological polar surface area (TPSA) is 59.1 Å². The molecule has 1 amide bonds. The maximum Gasteiger partial charge on any atom is 0.330 e. The van der Waals surface area contributed by atoms with E-state index in [1.807, 2.05) is 38.4 Å². The van der Waals surface area contributed by atoms with Gasteiger partial charge < -0.3 is 19.3 Å². The number of hydrogen-bond donors (Lipinski definition) is 0. The number of benzene rings is 3. The number of hydrogen-bond acceptors (Lipinski definition) is 5. The average Bonchev–Trinajstić information content (AvgIpc) is 2.95. The van der Waals surface area contributed by atoms with Crippen molar-refractivity contribution in [3.8, 4) is 11.1 Å². The summed E-state index contributed by atoms with van der Waals surface area (Å²) in [6.07, 6.45) is 5.30. The van der Waals surface area contributed by atoms with Crippen LogP contribution in [0.3, 0.4) is 0 Å². The van der Waals surface area contributed by atoms with Crippen LogP contribution in [-0.4, -0.2) is 45.8 Å². The van der Waals surface area contributed by atoms with E-state index in [1.165, 1.54) is 13.2 Å². The van der Waals surface area contributed by atoms with Gasteiger partial charge in [0.1, 0.15) is 6.10 Å². The van der Waals surface area contributed by atoms with E-state index in [-0.39, 0.29) is 5.91 Å². The highest BCUT2D eigenvalue weighted by molar-refractivity contribution is 5.97. The zero-order valence-electron chi connectivity index (χ0n) is 21.7. The number of nitrogens with zero attached hydrogens (tertiary/aromatic N) is 2. The Hall–Kier alpha value is -3.90. The molecule has 1 aliphatic rings. The van der Waals surface area contributed by atoms with E-state index in [0.717, 1.165) is 52.9 Å². The average molecular weight is 499 g/mol. The highest BCUT2D eigenvalue weighted by Crippen LogP contribution is 2.26. The molecule has 1 heterocycles. The smallest absolute Gasteiger partial charge is 0.330 e. The summed E-state index contributed by atoms with van der Waals surface area (Å²) in [4.78, 5) is 29.0. The molecule has 0 saturated carbocycles. The molecule has 3 aromatic rings. The van der Waals surface area contributed by atoms with E-state index in [0.29, 0.717) is 13.2 Å². The van der Waals surface area contributed by atoms with E-state index in [2.05, 4.69) is 53.4 Å². The predicted octanol–water partition coefficient (Wildman–Crippen LogP) is 5.71. The molecule has 6 nitrogen and oxygen atoms in total. The van der Waals surface area contributed by atoms with Gasteiger partial charge in [0.05, 0.1) is 13.7 Å². The van der Waals surface area contributed by atoms with Crippen molar-refractivity contribution in [1.29, 1.82) is 0 Å². The molecule has 192 valence electrons. The van der Waals surface area contributed by atoms with Gasteiger partial charge in [-0.3, -0.25) is 4.79 Å². The first kappa shape index (κ1) is 26.2. The van der Waals surface area contributed by atoms with Crippen LogP contribution in [0.15, 0.2) is 78.9 Å². The summed E-state index contributed by atoms with van der Waals surface area (Å²) in [5.74, 6) is -0.470. The highest BCUT2D eigenvalue weighted by atomic mass is 16.5. The molecular weight excluding hydrogens is 464 g/mol. The highest BCUT2D eigenvalue weighted by Gasteiger charge is 2.28. The van der Waals surface area contributed by atoms with Crippen LogP contribution in [0.2, 0.25) is 0 Å². The Morgan fingerprint density at radius 2 is 1.65 bits per heavy atom. The van der Waals surface area contributed by atoms with Gasteiger partial charge in [0.15, 0.2) is 0 Å². The minimum atomic E-state index is -0.447. The summed E-state index contributed by atoms with van der Waals surface area (Å²) < 4.78 is 10.5. The first-order valence-electron chi connectivity index (χ1n) is 12.6. The van der Waals surface area contributed by atoms with Gasteiger partial charge in [-0.25, -0.2) is 4.79 Å². The summed E-state index contributed by atoms with van der Waals surface area (Å²) in [5.41, 5.74) is 6.01. The second-order valence-electron chi connectivity index (χ2n) is 9.37. The molecule has 0 radical (unpaired) electrons. The van der Waals surface area contributed by atoms with E-state index in [1.54, 1.807) is 11.0 Å². The van der Waals surface area contributed by atoms with Gasteiger partial charge in [0, 0.05) is 38.2 Å². The normalized spacial score (nSPS) is 15.4. The lowest BCUT2D eigenvalue weighted by Crippen LogP contribution is -2.41. The van der Waals surface area contributed by atoms with Crippen LogP contribution in [0.4, 0.5) is 11.4 Å². The molecule has 6 heteroatoms. The molecule has 1 aliphatic heterocycles. The third-order valence-electron chi connectivity index (χ3n) is 6.53. The van der Waals surface area contributed by atoms with E-state index in [9.17, 15) is 9.59 Å². The van der Waals surface area contributed by atoms with E-state index >= 15 is 0 Å². The van der Waals surface area contributed by atoms with Crippen molar-refractivity contribution in [1.82, 2.24) is 0 Å². The van der Waals surface area contributed by atoms with Gasteiger partial charge in [-0.05, 0) is 71.9 Å². The van der Waals surface area contributed by atoms with Crippen molar-refractivity contribution in [3.63, 3.8) is 0 Å². The fraction of sp³-hybridized carbons (Fsp3) is 0.290. The number of rotatable bonds is 8. The lowest BCUT2D eigenvalue weighted by Gasteiger charge is -2.30. The maximum atomic E-state index is 13.6. The molecule has 1 saturated heterocycles. The zero-order valence-corrected chi connectivity index (χ0v) is 21.7. The molecule has 0 aliphatic carbocycles. The molecule has 1 fully saturated rings. The number of esters is 1. The lowest BCUT2D eigenvalue weighted by molar-refractivity contribution is -0.135. The van der Waals surface area contributed by atoms with Crippen molar-refractivity contribution in [3.05, 3.63) is 90.0 Å². The Labute approximate surface area is 219 Å². The fourth-order valence-electron chi connectivity index (χ4n) is 4.37. The molecule has 0 spiro atoms. The van der Waals surface area contributed by atoms with Crippen LogP contribution < -0.4 is 9.80 Å². The maximum absolute atomic E-state index is 13.6. The second-order valence-corrected chi connectivity index (χ2v) is 9.37. The van der Waals surface area contributed by atoms with Gasteiger partial charge in [-0.1, -0.05) is 48.5 Å². The van der Waals surface area contributed by atoms with Crippen LogP contribution in [-0.2, 0) is 25.6 Å². The Balaban J connectivity index is 1.58. The molecule has 37 heavy (non-hydrogen) atoms.